The summed E-state index contributed by atoms with van der Waals surface area (Å²) in [6.45, 7) is 5.53. The summed E-state index contributed by atoms with van der Waals surface area (Å²) in [6.07, 6.45) is 2.39. The van der Waals surface area contributed by atoms with E-state index >= 15 is 0 Å². The number of likely N-dealkylation sites (tertiary alicyclic amines) is 1. The monoisotopic (exact) mass is 319 g/mol. The van der Waals surface area contributed by atoms with Crippen molar-refractivity contribution in [2.45, 2.75) is 32.2 Å². The second-order valence-corrected chi connectivity index (χ2v) is 7.01. The van der Waals surface area contributed by atoms with Crippen molar-refractivity contribution in [1.29, 1.82) is 0 Å². The van der Waals surface area contributed by atoms with Crippen LogP contribution in [0.1, 0.15) is 35.7 Å². The molecule has 3 nitrogen and oxygen atoms in total. The van der Waals surface area contributed by atoms with Gasteiger partial charge < -0.3 is 4.57 Å². The lowest BCUT2D eigenvalue weighted by Gasteiger charge is -2.31. The number of benzene rings is 2. The van der Waals surface area contributed by atoms with Crippen molar-refractivity contribution in [1.82, 2.24) is 14.5 Å². The summed E-state index contributed by atoms with van der Waals surface area (Å²) < 4.78 is 2.31. The molecule has 0 aliphatic carbocycles. The molecule has 2 aromatic carbocycles. The Bertz CT molecular complexity index is 827. The molecule has 124 valence electrons. The van der Waals surface area contributed by atoms with Gasteiger partial charge in [0.1, 0.15) is 5.82 Å². The third-order valence-corrected chi connectivity index (χ3v) is 5.35. The van der Waals surface area contributed by atoms with E-state index in [9.17, 15) is 0 Å². The first-order valence-electron chi connectivity index (χ1n) is 8.90. The first kappa shape index (κ1) is 15.4. The maximum Gasteiger partial charge on any atom is 0.112 e. The Hall–Kier alpha value is -2.13. The van der Waals surface area contributed by atoms with Crippen molar-refractivity contribution >= 4 is 11.0 Å². The van der Waals surface area contributed by atoms with Crippen molar-refractivity contribution in [2.24, 2.45) is 7.05 Å². The van der Waals surface area contributed by atoms with Gasteiger partial charge in [-0.1, -0.05) is 42.5 Å². The van der Waals surface area contributed by atoms with Crippen molar-refractivity contribution in [3.8, 4) is 0 Å². The maximum atomic E-state index is 4.99. The molecule has 1 aromatic heterocycles. The van der Waals surface area contributed by atoms with Crippen LogP contribution in [-0.2, 0) is 13.6 Å². The molecule has 3 heteroatoms. The predicted molar refractivity (Wildman–Crippen MR) is 99.1 cm³/mol. The summed E-state index contributed by atoms with van der Waals surface area (Å²) in [7, 11) is 2.17. The molecule has 0 amide bonds. The third kappa shape index (κ3) is 2.84. The molecule has 0 saturated carbocycles. The molecule has 0 spiro atoms. The molecule has 0 radical (unpaired) electrons. The van der Waals surface area contributed by atoms with Gasteiger partial charge in [0.05, 0.1) is 11.0 Å². The Kier molecular flexibility index (Phi) is 4.11. The van der Waals surface area contributed by atoms with E-state index in [1.54, 1.807) is 0 Å². The number of aryl methyl sites for hydroxylation is 2. The van der Waals surface area contributed by atoms with Gasteiger partial charge in [-0.25, -0.2) is 4.98 Å². The molecule has 1 fully saturated rings. The van der Waals surface area contributed by atoms with Crippen LogP contribution in [0.3, 0.4) is 0 Å². The number of hydrogen-bond acceptors (Lipinski definition) is 2. The summed E-state index contributed by atoms with van der Waals surface area (Å²) in [5.41, 5.74) is 5.11. The van der Waals surface area contributed by atoms with Crippen LogP contribution in [0.15, 0.2) is 48.5 Å². The summed E-state index contributed by atoms with van der Waals surface area (Å²) in [5.74, 6) is 1.84. The highest BCUT2D eigenvalue weighted by Crippen LogP contribution is 2.30. The Morgan fingerprint density at radius 1 is 1.00 bits per heavy atom. The van der Waals surface area contributed by atoms with E-state index in [4.69, 9.17) is 4.98 Å². The normalized spacial score (nSPS) is 16.8. The molecule has 24 heavy (non-hydrogen) atoms. The van der Waals surface area contributed by atoms with Crippen molar-refractivity contribution in [2.75, 3.05) is 13.1 Å². The third-order valence-electron chi connectivity index (χ3n) is 5.35. The summed E-state index contributed by atoms with van der Waals surface area (Å²) in [4.78, 5) is 7.56. The number of rotatable bonds is 3. The lowest BCUT2D eigenvalue weighted by molar-refractivity contribution is 0.201. The molecule has 4 rings (SSSR count). The van der Waals surface area contributed by atoms with Crippen LogP contribution in [0.25, 0.3) is 11.0 Å². The van der Waals surface area contributed by atoms with Crippen LogP contribution >= 0.6 is 0 Å². The zero-order valence-corrected chi connectivity index (χ0v) is 14.6. The zero-order valence-electron chi connectivity index (χ0n) is 14.6. The van der Waals surface area contributed by atoms with Crippen LogP contribution in [0.2, 0.25) is 0 Å². The molecule has 0 N–H and O–H groups in total. The number of nitrogens with zero attached hydrogens (tertiary/aromatic N) is 3. The summed E-state index contributed by atoms with van der Waals surface area (Å²) in [6, 6.07) is 17.3. The standard InChI is InChI=1S/C21H25N3/c1-16-7-6-10-19-20(16)22-21(23(19)2)18-11-13-24(14-12-18)15-17-8-4-3-5-9-17/h3-10,18H,11-15H2,1-2H3. The Morgan fingerprint density at radius 3 is 2.46 bits per heavy atom. The second kappa shape index (κ2) is 6.40. The van der Waals surface area contributed by atoms with E-state index in [0.717, 1.165) is 19.6 Å². The fourth-order valence-corrected chi connectivity index (χ4v) is 3.93. The van der Waals surface area contributed by atoms with E-state index in [2.05, 4.69) is 72.0 Å². The van der Waals surface area contributed by atoms with Crippen LogP contribution in [0, 0.1) is 6.92 Å². The average Bonchev–Trinajstić information content (AvgIpc) is 2.95. The fraction of sp³-hybridized carbons (Fsp3) is 0.381. The van der Waals surface area contributed by atoms with Gasteiger partial charge >= 0.3 is 0 Å². The number of imidazole rings is 1. The van der Waals surface area contributed by atoms with Gasteiger partial charge in [-0.3, -0.25) is 4.90 Å². The SMILES string of the molecule is Cc1cccc2c1nc(C1CCN(Cc3ccccc3)CC1)n2C. The van der Waals surface area contributed by atoms with Gasteiger partial charge in [-0.2, -0.15) is 0 Å². The molecule has 0 atom stereocenters. The van der Waals surface area contributed by atoms with Crippen LogP contribution in [0.4, 0.5) is 0 Å². The topological polar surface area (TPSA) is 21.1 Å². The zero-order chi connectivity index (χ0) is 16.5. The van der Waals surface area contributed by atoms with Crippen molar-refractivity contribution in [3.63, 3.8) is 0 Å². The lowest BCUT2D eigenvalue weighted by atomic mass is 9.95. The number of aromatic nitrogens is 2. The molecular formula is C21H25N3. The van der Waals surface area contributed by atoms with Gasteiger partial charge in [-0.15, -0.1) is 0 Å². The quantitative estimate of drug-likeness (QED) is 0.719. The van der Waals surface area contributed by atoms with Crippen LogP contribution < -0.4 is 0 Å². The van der Waals surface area contributed by atoms with E-state index < -0.39 is 0 Å². The van der Waals surface area contributed by atoms with Crippen LogP contribution in [0.5, 0.6) is 0 Å². The van der Waals surface area contributed by atoms with Gasteiger partial charge in [0.15, 0.2) is 0 Å². The summed E-state index contributed by atoms with van der Waals surface area (Å²) in [5, 5.41) is 0. The Labute approximate surface area is 143 Å². The molecule has 0 bridgehead atoms. The smallest absolute Gasteiger partial charge is 0.112 e. The number of fused-ring (bicyclic) bond motifs is 1. The van der Waals surface area contributed by atoms with Gasteiger partial charge in [0, 0.05) is 19.5 Å². The largest absolute Gasteiger partial charge is 0.331 e. The number of para-hydroxylation sites is 1. The predicted octanol–water partition coefficient (Wildman–Crippen LogP) is 4.26. The Balaban J connectivity index is 1.48. The highest BCUT2D eigenvalue weighted by atomic mass is 15.1. The van der Waals surface area contributed by atoms with Crippen LogP contribution in [-0.4, -0.2) is 27.5 Å². The minimum absolute atomic E-state index is 0.578. The summed E-state index contributed by atoms with van der Waals surface area (Å²) >= 11 is 0. The van der Waals surface area contributed by atoms with E-state index in [1.807, 2.05) is 0 Å². The first-order chi connectivity index (χ1) is 11.7. The molecule has 0 unspecified atom stereocenters. The number of piperidine rings is 1. The molecule has 2 heterocycles. The highest BCUT2D eigenvalue weighted by Gasteiger charge is 2.24. The van der Waals surface area contributed by atoms with Gasteiger partial charge in [0.25, 0.3) is 0 Å². The van der Waals surface area contributed by atoms with Crippen molar-refractivity contribution in [3.05, 3.63) is 65.5 Å². The lowest BCUT2D eigenvalue weighted by Crippen LogP contribution is -2.33. The van der Waals surface area contributed by atoms with E-state index in [0.29, 0.717) is 5.92 Å². The minimum Gasteiger partial charge on any atom is -0.331 e. The second-order valence-electron chi connectivity index (χ2n) is 7.01. The molecule has 3 aromatic rings. The molecule has 1 aliphatic rings. The maximum absolute atomic E-state index is 4.99. The molecule has 1 saturated heterocycles. The van der Waals surface area contributed by atoms with Gasteiger partial charge in [-0.05, 0) is 50.0 Å². The Morgan fingerprint density at radius 2 is 1.75 bits per heavy atom. The number of hydrogen-bond donors (Lipinski definition) is 0. The van der Waals surface area contributed by atoms with E-state index in [1.165, 1.54) is 40.8 Å². The molecular weight excluding hydrogens is 294 g/mol. The fourth-order valence-electron chi connectivity index (χ4n) is 3.93. The minimum atomic E-state index is 0.578. The molecule has 1 aliphatic heterocycles. The van der Waals surface area contributed by atoms with Gasteiger partial charge in [0.2, 0.25) is 0 Å². The first-order valence-corrected chi connectivity index (χ1v) is 8.90. The van der Waals surface area contributed by atoms with Crippen molar-refractivity contribution < 1.29 is 0 Å². The van der Waals surface area contributed by atoms with E-state index in [-0.39, 0.29) is 0 Å². The average molecular weight is 319 g/mol. The highest BCUT2D eigenvalue weighted by molar-refractivity contribution is 5.79.